The molecule has 5 nitrogen and oxygen atoms in total. The van der Waals surface area contributed by atoms with Crippen LogP contribution in [0.4, 0.5) is 5.82 Å². The fourth-order valence-corrected chi connectivity index (χ4v) is 3.62. The van der Waals surface area contributed by atoms with Gasteiger partial charge in [0.1, 0.15) is 12.4 Å². The summed E-state index contributed by atoms with van der Waals surface area (Å²) in [6.45, 7) is 7.46. The first-order valence-corrected chi connectivity index (χ1v) is 11.2. The zero-order chi connectivity index (χ0) is 23.2. The van der Waals surface area contributed by atoms with Crippen LogP contribution >= 0.6 is 0 Å². The molecule has 1 heterocycles. The van der Waals surface area contributed by atoms with E-state index in [0.29, 0.717) is 30.5 Å². The average molecular weight is 440 g/mol. The lowest BCUT2D eigenvalue weighted by Gasteiger charge is -2.10. The number of aromatic nitrogens is 2. The van der Waals surface area contributed by atoms with Crippen molar-refractivity contribution in [2.24, 2.45) is 0 Å². The fraction of sp³-hybridized carbons (Fsp3) is 0.214. The number of carbonyl (C=O) groups is 1. The van der Waals surface area contributed by atoms with E-state index in [0.717, 1.165) is 11.3 Å². The molecule has 0 spiro atoms. The van der Waals surface area contributed by atoms with Gasteiger partial charge in [-0.3, -0.25) is 9.48 Å². The normalized spacial score (nSPS) is 10.9. The van der Waals surface area contributed by atoms with E-state index in [2.05, 4.69) is 61.5 Å². The van der Waals surface area contributed by atoms with E-state index in [4.69, 9.17) is 4.74 Å². The quantitative estimate of drug-likeness (QED) is 0.356. The van der Waals surface area contributed by atoms with Gasteiger partial charge in [0, 0.05) is 17.8 Å². The van der Waals surface area contributed by atoms with E-state index >= 15 is 0 Å². The van der Waals surface area contributed by atoms with Crippen molar-refractivity contribution in [1.82, 2.24) is 9.78 Å². The predicted octanol–water partition coefficient (Wildman–Crippen LogP) is 6.19. The molecule has 168 valence electrons. The number of rotatable bonds is 8. The van der Waals surface area contributed by atoms with Gasteiger partial charge in [0.25, 0.3) is 5.91 Å². The molecule has 0 atom stereocenters. The number of hydrogen-bond donors (Lipinski definition) is 1. The van der Waals surface area contributed by atoms with E-state index in [9.17, 15) is 4.79 Å². The van der Waals surface area contributed by atoms with Gasteiger partial charge in [0.2, 0.25) is 0 Å². The van der Waals surface area contributed by atoms with Crippen molar-refractivity contribution in [2.75, 3.05) is 5.32 Å². The number of aryl methyl sites for hydroxylation is 1. The van der Waals surface area contributed by atoms with Gasteiger partial charge in [-0.25, -0.2) is 0 Å². The maximum Gasteiger partial charge on any atom is 0.256 e. The number of anilines is 1. The first-order chi connectivity index (χ1) is 16.0. The third-order valence-corrected chi connectivity index (χ3v) is 5.45. The summed E-state index contributed by atoms with van der Waals surface area (Å²) in [6, 6.07) is 25.7. The zero-order valence-corrected chi connectivity index (χ0v) is 19.3. The van der Waals surface area contributed by atoms with Crippen molar-refractivity contribution in [2.45, 2.75) is 39.8 Å². The highest BCUT2D eigenvalue weighted by atomic mass is 16.5. The monoisotopic (exact) mass is 439 g/mol. The highest BCUT2D eigenvalue weighted by Crippen LogP contribution is 2.20. The molecule has 0 aliphatic heterocycles. The summed E-state index contributed by atoms with van der Waals surface area (Å²) in [5.74, 6) is 1.63. The van der Waals surface area contributed by atoms with Crippen LogP contribution in [0, 0.1) is 6.92 Å². The lowest BCUT2D eigenvalue weighted by Crippen LogP contribution is -2.13. The Balaban J connectivity index is 1.35. The Hall–Kier alpha value is -3.86. The summed E-state index contributed by atoms with van der Waals surface area (Å²) in [7, 11) is 0. The third kappa shape index (κ3) is 6.10. The molecule has 4 rings (SSSR count). The van der Waals surface area contributed by atoms with Crippen molar-refractivity contribution in [3.8, 4) is 5.75 Å². The molecule has 1 N–H and O–H groups in total. The summed E-state index contributed by atoms with van der Waals surface area (Å²) in [5, 5.41) is 7.36. The maximum atomic E-state index is 12.8. The molecule has 3 aromatic carbocycles. The second kappa shape index (κ2) is 10.2. The van der Waals surface area contributed by atoms with Gasteiger partial charge in [-0.05, 0) is 53.8 Å². The Bertz CT molecular complexity index is 1230. The molecule has 0 aliphatic carbocycles. The number of carbonyl (C=O) groups excluding carboxylic acids is 1. The Morgan fingerprint density at radius 3 is 2.48 bits per heavy atom. The Morgan fingerprint density at radius 1 is 0.970 bits per heavy atom. The number of nitrogens with one attached hydrogen (secondary N) is 1. The van der Waals surface area contributed by atoms with Gasteiger partial charge in [-0.2, -0.15) is 5.10 Å². The Kier molecular flexibility index (Phi) is 6.89. The first-order valence-electron chi connectivity index (χ1n) is 11.2. The summed E-state index contributed by atoms with van der Waals surface area (Å²) >= 11 is 0. The molecular weight excluding hydrogens is 410 g/mol. The number of amides is 1. The number of hydrogen-bond acceptors (Lipinski definition) is 3. The van der Waals surface area contributed by atoms with Gasteiger partial charge in [0.15, 0.2) is 5.82 Å². The van der Waals surface area contributed by atoms with Crippen molar-refractivity contribution >= 4 is 11.7 Å². The Morgan fingerprint density at radius 2 is 1.73 bits per heavy atom. The smallest absolute Gasteiger partial charge is 0.256 e. The second-order valence-electron chi connectivity index (χ2n) is 8.55. The van der Waals surface area contributed by atoms with Crippen molar-refractivity contribution in [3.63, 3.8) is 0 Å². The van der Waals surface area contributed by atoms with Crippen LogP contribution in [0.1, 0.15) is 52.4 Å². The van der Waals surface area contributed by atoms with Crippen LogP contribution in [-0.4, -0.2) is 15.7 Å². The maximum absolute atomic E-state index is 12.8. The van der Waals surface area contributed by atoms with Crippen molar-refractivity contribution in [3.05, 3.63) is 113 Å². The van der Waals surface area contributed by atoms with Crippen LogP contribution in [0.2, 0.25) is 0 Å². The zero-order valence-electron chi connectivity index (χ0n) is 19.3. The lowest BCUT2D eigenvalue weighted by molar-refractivity contribution is 0.102. The third-order valence-electron chi connectivity index (χ3n) is 5.45. The van der Waals surface area contributed by atoms with Crippen LogP contribution in [0.5, 0.6) is 5.75 Å². The summed E-state index contributed by atoms with van der Waals surface area (Å²) in [6.07, 6.45) is 1.87. The number of ether oxygens (including phenoxy) is 1. The molecule has 0 bridgehead atoms. The van der Waals surface area contributed by atoms with Gasteiger partial charge in [0.05, 0.1) is 6.54 Å². The van der Waals surface area contributed by atoms with E-state index in [1.165, 1.54) is 16.7 Å². The largest absolute Gasteiger partial charge is 0.489 e. The van der Waals surface area contributed by atoms with Gasteiger partial charge in [-0.1, -0.05) is 67.9 Å². The van der Waals surface area contributed by atoms with Gasteiger partial charge in [-0.15, -0.1) is 0 Å². The standard InChI is InChI=1S/C28H29N3O2/c1-20(2)24-10-12-26(13-11-24)33-19-23-8-5-9-25(17-23)28(32)29-27-14-15-31(30-27)18-22-7-4-6-21(3)16-22/h4-17,20H,18-19H2,1-3H3,(H,29,30,32). The fourth-order valence-electron chi connectivity index (χ4n) is 3.62. The first kappa shape index (κ1) is 22.3. The summed E-state index contributed by atoms with van der Waals surface area (Å²) < 4.78 is 7.72. The molecule has 0 aliphatic rings. The van der Waals surface area contributed by atoms with Crippen LogP contribution in [0.15, 0.2) is 85.1 Å². The summed E-state index contributed by atoms with van der Waals surface area (Å²) in [4.78, 5) is 12.8. The van der Waals surface area contributed by atoms with Gasteiger partial charge < -0.3 is 10.1 Å². The molecule has 0 unspecified atom stereocenters. The van der Waals surface area contributed by atoms with Crippen LogP contribution in [-0.2, 0) is 13.2 Å². The van der Waals surface area contributed by atoms with Crippen LogP contribution in [0.25, 0.3) is 0 Å². The molecule has 0 saturated carbocycles. The molecule has 4 aromatic rings. The molecule has 5 heteroatoms. The van der Waals surface area contributed by atoms with E-state index in [-0.39, 0.29) is 5.91 Å². The highest BCUT2D eigenvalue weighted by Gasteiger charge is 2.10. The van der Waals surface area contributed by atoms with Crippen molar-refractivity contribution < 1.29 is 9.53 Å². The van der Waals surface area contributed by atoms with E-state index in [1.807, 2.05) is 53.3 Å². The molecule has 0 saturated heterocycles. The number of benzene rings is 3. The average Bonchev–Trinajstić information content (AvgIpc) is 3.24. The molecule has 33 heavy (non-hydrogen) atoms. The topological polar surface area (TPSA) is 56.2 Å². The van der Waals surface area contributed by atoms with Crippen LogP contribution < -0.4 is 10.1 Å². The minimum Gasteiger partial charge on any atom is -0.489 e. The molecule has 0 fully saturated rings. The lowest BCUT2D eigenvalue weighted by atomic mass is 10.0. The number of nitrogens with zero attached hydrogens (tertiary/aromatic N) is 2. The predicted molar refractivity (Wildman–Crippen MR) is 132 cm³/mol. The minimum atomic E-state index is -0.195. The van der Waals surface area contributed by atoms with Crippen molar-refractivity contribution in [1.29, 1.82) is 0 Å². The van der Waals surface area contributed by atoms with Gasteiger partial charge >= 0.3 is 0 Å². The molecule has 1 aromatic heterocycles. The molecular formula is C28H29N3O2. The molecule has 0 radical (unpaired) electrons. The highest BCUT2D eigenvalue weighted by molar-refractivity contribution is 6.03. The SMILES string of the molecule is Cc1cccc(Cn2ccc(NC(=O)c3cccc(COc4ccc(C(C)C)cc4)c3)n2)c1. The van der Waals surface area contributed by atoms with Crippen LogP contribution in [0.3, 0.4) is 0 Å². The minimum absolute atomic E-state index is 0.195. The Labute approximate surface area is 195 Å². The summed E-state index contributed by atoms with van der Waals surface area (Å²) in [5.41, 5.74) is 5.16. The molecule has 1 amide bonds. The second-order valence-corrected chi connectivity index (χ2v) is 8.55. The van der Waals surface area contributed by atoms with E-state index in [1.54, 1.807) is 6.07 Å². The van der Waals surface area contributed by atoms with E-state index < -0.39 is 0 Å².